The van der Waals surface area contributed by atoms with Crippen LogP contribution in [0.1, 0.15) is 31.9 Å². The number of nitrogens with zero attached hydrogens (tertiary/aromatic N) is 2. The molecule has 1 aromatic heterocycles. The zero-order chi connectivity index (χ0) is 21.2. The highest BCUT2D eigenvalue weighted by Gasteiger charge is 2.19. The summed E-state index contributed by atoms with van der Waals surface area (Å²) >= 11 is 0. The molecule has 7 heteroatoms. The van der Waals surface area contributed by atoms with Crippen LogP contribution in [0.15, 0.2) is 51.7 Å². The highest BCUT2D eigenvalue weighted by Crippen LogP contribution is 2.24. The molecule has 0 saturated carbocycles. The molecule has 0 aliphatic carbocycles. The van der Waals surface area contributed by atoms with Gasteiger partial charge in [-0.25, -0.2) is 9.59 Å². The van der Waals surface area contributed by atoms with E-state index in [0.717, 1.165) is 5.56 Å². The van der Waals surface area contributed by atoms with Crippen LogP contribution in [0.25, 0.3) is 10.9 Å². The third kappa shape index (κ3) is 4.93. The molecule has 0 saturated heterocycles. The van der Waals surface area contributed by atoms with Gasteiger partial charge < -0.3 is 14.1 Å². The maximum atomic E-state index is 12.7. The lowest BCUT2D eigenvalue weighted by Crippen LogP contribution is -2.27. The summed E-state index contributed by atoms with van der Waals surface area (Å²) in [5.74, 6) is 0. The van der Waals surface area contributed by atoms with Crippen LogP contribution < -0.4 is 15.8 Å². The van der Waals surface area contributed by atoms with Gasteiger partial charge in [0.1, 0.15) is 5.60 Å². The summed E-state index contributed by atoms with van der Waals surface area (Å²) in [6.07, 6.45) is -0.587. The lowest BCUT2D eigenvalue weighted by molar-refractivity contribution is 0.0636. The van der Waals surface area contributed by atoms with Crippen molar-refractivity contribution in [1.29, 1.82) is 0 Å². The molecule has 3 rings (SSSR count). The number of nitrogens with one attached hydrogen (secondary N) is 1. The van der Waals surface area contributed by atoms with E-state index in [1.54, 1.807) is 44.7 Å². The van der Waals surface area contributed by atoms with E-state index in [9.17, 15) is 9.59 Å². The predicted molar refractivity (Wildman–Crippen MR) is 113 cm³/mol. The predicted octanol–water partition coefficient (Wildman–Crippen LogP) is 4.48. The van der Waals surface area contributed by atoms with Gasteiger partial charge in [0.05, 0.1) is 10.9 Å². The molecule has 0 spiro atoms. The SMILES string of the molecule is Cc1c(NC(=O)OC(C)(C)C)ccc2nc(N(C)Cc3ccccc3)oc(=O)c12. The highest BCUT2D eigenvalue weighted by molar-refractivity contribution is 5.93. The second-order valence-corrected chi connectivity index (χ2v) is 7.88. The summed E-state index contributed by atoms with van der Waals surface area (Å²) in [7, 11) is 1.81. The van der Waals surface area contributed by atoms with Crippen LogP contribution in [0.2, 0.25) is 0 Å². The Bertz CT molecular complexity index is 1080. The molecular weight excluding hydrogens is 370 g/mol. The van der Waals surface area contributed by atoms with Crippen molar-refractivity contribution in [2.45, 2.75) is 39.8 Å². The van der Waals surface area contributed by atoms with Crippen LogP contribution >= 0.6 is 0 Å². The number of aryl methyl sites for hydroxylation is 1. The fraction of sp³-hybridized carbons (Fsp3) is 0.318. The van der Waals surface area contributed by atoms with Crippen LogP contribution in [-0.2, 0) is 11.3 Å². The first-order chi connectivity index (χ1) is 13.6. The third-order valence-corrected chi connectivity index (χ3v) is 4.27. The van der Waals surface area contributed by atoms with Crippen molar-refractivity contribution in [1.82, 2.24) is 4.98 Å². The second-order valence-electron chi connectivity index (χ2n) is 7.88. The zero-order valence-corrected chi connectivity index (χ0v) is 17.3. The van der Waals surface area contributed by atoms with Gasteiger partial charge in [-0.15, -0.1) is 0 Å². The molecule has 0 unspecified atom stereocenters. The summed E-state index contributed by atoms with van der Waals surface area (Å²) in [4.78, 5) is 31.0. The Morgan fingerprint density at radius 3 is 2.52 bits per heavy atom. The number of carbonyl (C=O) groups is 1. The molecule has 3 aromatic rings. The number of fused-ring (bicyclic) bond motifs is 1. The molecule has 2 aromatic carbocycles. The largest absolute Gasteiger partial charge is 0.444 e. The number of ether oxygens (including phenoxy) is 1. The lowest BCUT2D eigenvalue weighted by Gasteiger charge is -2.20. The maximum Gasteiger partial charge on any atom is 0.412 e. The van der Waals surface area contributed by atoms with Crippen molar-refractivity contribution >= 4 is 28.7 Å². The van der Waals surface area contributed by atoms with Crippen molar-refractivity contribution in [2.24, 2.45) is 0 Å². The smallest absolute Gasteiger partial charge is 0.412 e. The summed E-state index contributed by atoms with van der Waals surface area (Å²) in [5.41, 5.74) is 1.51. The molecule has 152 valence electrons. The van der Waals surface area contributed by atoms with Gasteiger partial charge in [-0.05, 0) is 51.0 Å². The van der Waals surface area contributed by atoms with Gasteiger partial charge in [0.15, 0.2) is 0 Å². The molecular formula is C22H25N3O4. The molecule has 1 N–H and O–H groups in total. The summed E-state index contributed by atoms with van der Waals surface area (Å²) in [6.45, 7) is 7.64. The summed E-state index contributed by atoms with van der Waals surface area (Å²) in [6, 6.07) is 13.5. The molecule has 0 aliphatic heterocycles. The molecule has 0 atom stereocenters. The molecule has 29 heavy (non-hydrogen) atoms. The van der Waals surface area contributed by atoms with E-state index < -0.39 is 17.3 Å². The minimum Gasteiger partial charge on any atom is -0.444 e. The van der Waals surface area contributed by atoms with Crippen molar-refractivity contribution in [3.8, 4) is 0 Å². The van der Waals surface area contributed by atoms with Crippen molar-refractivity contribution in [3.63, 3.8) is 0 Å². The van der Waals surface area contributed by atoms with Crippen molar-refractivity contribution < 1.29 is 13.9 Å². The first kappa shape index (κ1) is 20.4. The number of amides is 1. The Hall–Kier alpha value is -3.35. The highest BCUT2D eigenvalue weighted by atomic mass is 16.6. The van der Waals surface area contributed by atoms with Gasteiger partial charge >= 0.3 is 17.7 Å². The minimum atomic E-state index is -0.617. The van der Waals surface area contributed by atoms with Crippen LogP contribution in [0, 0.1) is 6.92 Å². The van der Waals surface area contributed by atoms with E-state index in [-0.39, 0.29) is 6.01 Å². The van der Waals surface area contributed by atoms with Gasteiger partial charge in [0, 0.05) is 19.3 Å². The average molecular weight is 395 g/mol. The van der Waals surface area contributed by atoms with E-state index in [4.69, 9.17) is 9.15 Å². The van der Waals surface area contributed by atoms with Gasteiger partial charge in [-0.2, -0.15) is 4.98 Å². The maximum absolute atomic E-state index is 12.7. The standard InChI is InChI=1S/C22H25N3O4/c1-14-16(24-21(27)29-22(2,3)4)11-12-17-18(14)19(26)28-20(23-17)25(5)13-15-9-7-6-8-10-15/h6-12H,13H2,1-5H3,(H,24,27). The van der Waals surface area contributed by atoms with E-state index in [1.807, 2.05) is 37.4 Å². The number of rotatable bonds is 4. The van der Waals surface area contributed by atoms with Crippen LogP contribution in [0.4, 0.5) is 16.5 Å². The molecule has 1 amide bonds. The molecule has 1 heterocycles. The van der Waals surface area contributed by atoms with Crippen LogP contribution in [0.3, 0.4) is 0 Å². The molecule has 0 bridgehead atoms. The Morgan fingerprint density at radius 1 is 1.17 bits per heavy atom. The summed E-state index contributed by atoms with van der Waals surface area (Å²) in [5, 5.41) is 3.01. The Labute approximate surface area is 169 Å². The zero-order valence-electron chi connectivity index (χ0n) is 17.3. The number of benzene rings is 2. The fourth-order valence-electron chi connectivity index (χ4n) is 2.95. The molecule has 0 fully saturated rings. The van der Waals surface area contributed by atoms with Crippen LogP contribution in [0.5, 0.6) is 0 Å². The third-order valence-electron chi connectivity index (χ3n) is 4.27. The topological polar surface area (TPSA) is 84.7 Å². The number of hydrogen-bond donors (Lipinski definition) is 1. The Morgan fingerprint density at radius 2 is 1.86 bits per heavy atom. The number of anilines is 2. The number of aromatic nitrogens is 1. The minimum absolute atomic E-state index is 0.235. The van der Waals surface area contributed by atoms with Gasteiger partial charge in [-0.3, -0.25) is 5.32 Å². The number of hydrogen-bond acceptors (Lipinski definition) is 6. The average Bonchev–Trinajstić information content (AvgIpc) is 2.63. The van der Waals surface area contributed by atoms with E-state index in [1.165, 1.54) is 0 Å². The first-order valence-electron chi connectivity index (χ1n) is 9.33. The van der Waals surface area contributed by atoms with E-state index in [0.29, 0.717) is 28.7 Å². The first-order valence-corrected chi connectivity index (χ1v) is 9.33. The van der Waals surface area contributed by atoms with Crippen LogP contribution in [-0.4, -0.2) is 23.7 Å². The fourth-order valence-corrected chi connectivity index (χ4v) is 2.95. The van der Waals surface area contributed by atoms with Gasteiger partial charge in [0.2, 0.25) is 0 Å². The van der Waals surface area contributed by atoms with Gasteiger partial charge in [0.25, 0.3) is 0 Å². The summed E-state index contributed by atoms with van der Waals surface area (Å²) < 4.78 is 10.7. The second kappa shape index (κ2) is 7.95. The normalized spacial score (nSPS) is 11.3. The Balaban J connectivity index is 1.89. The molecule has 0 radical (unpaired) electrons. The monoisotopic (exact) mass is 395 g/mol. The lowest BCUT2D eigenvalue weighted by atomic mass is 10.1. The quantitative estimate of drug-likeness (QED) is 0.701. The van der Waals surface area contributed by atoms with E-state index >= 15 is 0 Å². The molecule has 7 nitrogen and oxygen atoms in total. The van der Waals surface area contributed by atoms with E-state index in [2.05, 4.69) is 10.3 Å². The Kier molecular flexibility index (Phi) is 5.59. The van der Waals surface area contributed by atoms with Gasteiger partial charge in [-0.1, -0.05) is 30.3 Å². The van der Waals surface area contributed by atoms with Crippen molar-refractivity contribution in [3.05, 3.63) is 64.0 Å². The number of carbonyl (C=O) groups excluding carboxylic acids is 1. The van der Waals surface area contributed by atoms with Crippen molar-refractivity contribution in [2.75, 3.05) is 17.3 Å². The molecule has 0 aliphatic rings.